The zero-order chi connectivity index (χ0) is 13.1. The van der Waals surface area contributed by atoms with Gasteiger partial charge in [0, 0.05) is 12.3 Å². The number of allylic oxidation sites excluding steroid dienone is 1. The van der Waals surface area contributed by atoms with Crippen molar-refractivity contribution >= 4 is 39.9 Å². The molecule has 2 rings (SSSR count). The highest BCUT2D eigenvalue weighted by Crippen LogP contribution is 2.22. The third-order valence-electron chi connectivity index (χ3n) is 2.17. The van der Waals surface area contributed by atoms with Crippen LogP contribution in [0.1, 0.15) is 0 Å². The highest BCUT2D eigenvalue weighted by Gasteiger charge is 2.09. The van der Waals surface area contributed by atoms with E-state index >= 15 is 0 Å². The molecule has 0 fully saturated rings. The van der Waals surface area contributed by atoms with Crippen molar-refractivity contribution in [3.63, 3.8) is 0 Å². The SMILES string of the molecule is C=C/C(=C\N=C)Nc1cc(N)nc2c(Br)cnn12. The quantitative estimate of drug-likeness (QED) is 0.670. The minimum atomic E-state index is 0.390. The van der Waals surface area contributed by atoms with Crippen LogP contribution in [0.2, 0.25) is 0 Å². The summed E-state index contributed by atoms with van der Waals surface area (Å²) in [5, 5.41) is 7.28. The standard InChI is InChI=1S/C11H11BrN6/c1-3-7(5-14-2)16-10-4-9(13)17-11-8(12)6-15-18(10)11/h3-6,16H,1-2H2,(H2,13,17)/b7-5+. The van der Waals surface area contributed by atoms with Crippen LogP contribution in [0.5, 0.6) is 0 Å². The molecular formula is C11H11BrN6. The van der Waals surface area contributed by atoms with Crippen molar-refractivity contribution < 1.29 is 0 Å². The molecule has 0 unspecified atom stereocenters. The van der Waals surface area contributed by atoms with Crippen molar-refractivity contribution in [2.45, 2.75) is 0 Å². The van der Waals surface area contributed by atoms with E-state index in [4.69, 9.17) is 5.73 Å². The summed E-state index contributed by atoms with van der Waals surface area (Å²) in [4.78, 5) is 7.86. The highest BCUT2D eigenvalue weighted by atomic mass is 79.9. The molecule has 0 saturated heterocycles. The zero-order valence-corrected chi connectivity index (χ0v) is 11.1. The van der Waals surface area contributed by atoms with Crippen LogP contribution in [0.15, 0.2) is 46.3 Å². The van der Waals surface area contributed by atoms with E-state index in [-0.39, 0.29) is 0 Å². The van der Waals surface area contributed by atoms with Gasteiger partial charge in [-0.15, -0.1) is 0 Å². The molecule has 0 bridgehead atoms. The Hall–Kier alpha value is -2.15. The zero-order valence-electron chi connectivity index (χ0n) is 9.47. The van der Waals surface area contributed by atoms with Gasteiger partial charge < -0.3 is 11.1 Å². The maximum atomic E-state index is 5.75. The highest BCUT2D eigenvalue weighted by molar-refractivity contribution is 9.10. The molecule has 0 atom stereocenters. The van der Waals surface area contributed by atoms with E-state index in [9.17, 15) is 0 Å². The maximum absolute atomic E-state index is 5.75. The van der Waals surface area contributed by atoms with Crippen LogP contribution in [0.4, 0.5) is 11.6 Å². The van der Waals surface area contributed by atoms with Crippen LogP contribution >= 0.6 is 15.9 Å². The lowest BCUT2D eigenvalue weighted by atomic mass is 10.4. The minimum absolute atomic E-state index is 0.390. The van der Waals surface area contributed by atoms with E-state index in [2.05, 4.69) is 49.6 Å². The van der Waals surface area contributed by atoms with Crippen LogP contribution in [-0.2, 0) is 0 Å². The fourth-order valence-corrected chi connectivity index (χ4v) is 1.77. The number of nitrogens with zero attached hydrogens (tertiary/aromatic N) is 4. The molecule has 2 aromatic heterocycles. The summed E-state index contributed by atoms with van der Waals surface area (Å²) in [6.07, 6.45) is 4.82. The Morgan fingerprint density at radius 2 is 2.39 bits per heavy atom. The minimum Gasteiger partial charge on any atom is -0.384 e. The van der Waals surface area contributed by atoms with Crippen molar-refractivity contribution in [1.82, 2.24) is 14.6 Å². The Balaban J connectivity index is 2.53. The number of nitrogens with one attached hydrogen (secondary N) is 1. The van der Waals surface area contributed by atoms with Gasteiger partial charge in [-0.05, 0) is 28.7 Å². The van der Waals surface area contributed by atoms with E-state index in [0.29, 0.717) is 23.0 Å². The molecule has 18 heavy (non-hydrogen) atoms. The number of aromatic nitrogens is 3. The molecule has 2 aromatic rings. The summed E-state index contributed by atoms with van der Waals surface area (Å²) in [5.41, 5.74) is 7.07. The lowest BCUT2D eigenvalue weighted by Crippen LogP contribution is -2.06. The molecule has 0 amide bonds. The van der Waals surface area contributed by atoms with Crippen LogP contribution in [-0.4, -0.2) is 21.3 Å². The number of nitrogens with two attached hydrogens (primary N) is 1. The Kier molecular flexibility index (Phi) is 3.42. The Morgan fingerprint density at radius 3 is 3.06 bits per heavy atom. The summed E-state index contributed by atoms with van der Waals surface area (Å²) in [6, 6.07) is 1.67. The van der Waals surface area contributed by atoms with E-state index in [1.807, 2.05) is 0 Å². The average molecular weight is 307 g/mol. The Bertz CT molecular complexity index is 642. The topological polar surface area (TPSA) is 80.6 Å². The smallest absolute Gasteiger partial charge is 0.173 e. The molecule has 3 N–H and O–H groups in total. The Labute approximate surface area is 112 Å². The van der Waals surface area contributed by atoms with Crippen molar-refractivity contribution in [3.05, 3.63) is 41.3 Å². The van der Waals surface area contributed by atoms with Crippen molar-refractivity contribution in [3.8, 4) is 0 Å². The molecule has 6 nitrogen and oxygen atoms in total. The first-order valence-corrected chi connectivity index (χ1v) is 5.80. The molecule has 0 aliphatic rings. The second kappa shape index (κ2) is 5.01. The van der Waals surface area contributed by atoms with Crippen LogP contribution in [0.25, 0.3) is 5.65 Å². The second-order valence-electron chi connectivity index (χ2n) is 3.39. The summed E-state index contributed by atoms with van der Waals surface area (Å²) < 4.78 is 2.39. The van der Waals surface area contributed by atoms with Gasteiger partial charge in [0.25, 0.3) is 0 Å². The number of fused-ring (bicyclic) bond motifs is 1. The van der Waals surface area contributed by atoms with Gasteiger partial charge >= 0.3 is 0 Å². The number of hydrogen-bond acceptors (Lipinski definition) is 5. The van der Waals surface area contributed by atoms with Crippen LogP contribution in [0, 0.1) is 0 Å². The molecule has 0 radical (unpaired) electrons. The normalized spacial score (nSPS) is 11.5. The molecule has 0 aromatic carbocycles. The van der Waals surface area contributed by atoms with Gasteiger partial charge in [0.2, 0.25) is 0 Å². The van der Waals surface area contributed by atoms with Gasteiger partial charge in [-0.1, -0.05) is 6.58 Å². The number of anilines is 2. The molecule has 0 spiro atoms. The lowest BCUT2D eigenvalue weighted by Gasteiger charge is -2.09. The number of nitrogen functional groups attached to an aromatic ring is 1. The molecule has 0 aliphatic carbocycles. The van der Waals surface area contributed by atoms with Crippen molar-refractivity contribution in [2.24, 2.45) is 4.99 Å². The van der Waals surface area contributed by atoms with Gasteiger partial charge in [0.05, 0.1) is 16.4 Å². The van der Waals surface area contributed by atoms with Gasteiger partial charge in [0.1, 0.15) is 11.6 Å². The molecule has 92 valence electrons. The van der Waals surface area contributed by atoms with E-state index in [1.165, 1.54) is 0 Å². The monoisotopic (exact) mass is 306 g/mol. The first-order chi connectivity index (χ1) is 8.65. The van der Waals surface area contributed by atoms with Crippen molar-refractivity contribution in [2.75, 3.05) is 11.1 Å². The predicted molar refractivity (Wildman–Crippen MR) is 76.6 cm³/mol. The average Bonchev–Trinajstić information content (AvgIpc) is 2.71. The number of hydrogen-bond donors (Lipinski definition) is 2. The van der Waals surface area contributed by atoms with Gasteiger partial charge in [-0.3, -0.25) is 4.99 Å². The second-order valence-corrected chi connectivity index (χ2v) is 4.24. The van der Waals surface area contributed by atoms with Gasteiger partial charge in [0.15, 0.2) is 5.65 Å². The van der Waals surface area contributed by atoms with Crippen molar-refractivity contribution in [1.29, 1.82) is 0 Å². The molecule has 0 aliphatic heterocycles. The molecule has 0 saturated carbocycles. The summed E-state index contributed by atoms with van der Waals surface area (Å²) in [5.74, 6) is 1.05. The summed E-state index contributed by atoms with van der Waals surface area (Å²) in [6.45, 7) is 7.07. The first-order valence-electron chi connectivity index (χ1n) is 5.01. The van der Waals surface area contributed by atoms with E-state index < -0.39 is 0 Å². The third-order valence-corrected chi connectivity index (χ3v) is 2.73. The third kappa shape index (κ3) is 2.25. The Morgan fingerprint density at radius 1 is 1.61 bits per heavy atom. The lowest BCUT2D eigenvalue weighted by molar-refractivity contribution is 0.946. The number of halogens is 1. The fourth-order valence-electron chi connectivity index (χ4n) is 1.43. The first kappa shape index (κ1) is 12.3. The summed E-state index contributed by atoms with van der Waals surface area (Å²) in [7, 11) is 0. The van der Waals surface area contributed by atoms with E-state index in [0.717, 1.165) is 4.47 Å². The largest absolute Gasteiger partial charge is 0.384 e. The number of aliphatic imine (C=N–C) groups is 1. The van der Waals surface area contributed by atoms with Gasteiger partial charge in [-0.2, -0.15) is 9.61 Å². The molecule has 2 heterocycles. The number of rotatable bonds is 4. The van der Waals surface area contributed by atoms with E-state index in [1.54, 1.807) is 29.1 Å². The summed E-state index contributed by atoms with van der Waals surface area (Å²) >= 11 is 3.36. The maximum Gasteiger partial charge on any atom is 0.173 e. The van der Waals surface area contributed by atoms with Crippen LogP contribution < -0.4 is 11.1 Å². The molecular weight excluding hydrogens is 296 g/mol. The predicted octanol–water partition coefficient (Wildman–Crippen LogP) is 2.21. The fraction of sp³-hybridized carbons (Fsp3) is 0. The van der Waals surface area contributed by atoms with Crippen LogP contribution in [0.3, 0.4) is 0 Å². The van der Waals surface area contributed by atoms with Gasteiger partial charge in [-0.25, -0.2) is 4.98 Å². The molecule has 7 heteroatoms.